The molecule has 1 aromatic heterocycles. The Balaban J connectivity index is 0.00000121. The van der Waals surface area contributed by atoms with Crippen LogP contribution in [-0.2, 0) is 13.0 Å². The van der Waals surface area contributed by atoms with Gasteiger partial charge in [0.15, 0.2) is 12.2 Å². The molecular formula is C18H16IN. The summed E-state index contributed by atoms with van der Waals surface area (Å²) in [6.07, 6.45) is 1.13. The number of aryl methyl sites for hydroxylation is 2. The first-order chi connectivity index (χ1) is 9.34. The molecule has 3 aromatic rings. The van der Waals surface area contributed by atoms with Crippen molar-refractivity contribution in [1.29, 1.82) is 0 Å². The van der Waals surface area contributed by atoms with Gasteiger partial charge in [0.05, 0.1) is 0 Å². The smallest absolute Gasteiger partial charge is 0.213 e. The Morgan fingerprint density at radius 2 is 1.70 bits per heavy atom. The molecule has 0 atom stereocenters. The molecule has 0 saturated carbocycles. The van der Waals surface area contributed by atoms with Crippen molar-refractivity contribution in [2.24, 2.45) is 0 Å². The van der Waals surface area contributed by atoms with Gasteiger partial charge in [0.2, 0.25) is 5.69 Å². The third kappa shape index (κ3) is 1.94. The lowest BCUT2D eigenvalue weighted by Crippen LogP contribution is -3.00. The van der Waals surface area contributed by atoms with Crippen LogP contribution in [0.25, 0.3) is 22.0 Å². The first kappa shape index (κ1) is 13.6. The molecule has 0 spiro atoms. The number of fused-ring (bicyclic) bond motifs is 4. The number of nitrogens with zero attached hydrogens (tertiary/aromatic N) is 1. The fraction of sp³-hybridized carbons (Fsp3) is 0.167. The van der Waals surface area contributed by atoms with E-state index in [0.717, 1.165) is 13.0 Å². The molecule has 0 aliphatic carbocycles. The van der Waals surface area contributed by atoms with Gasteiger partial charge in [-0.2, -0.15) is 4.57 Å². The van der Waals surface area contributed by atoms with Crippen LogP contribution in [0.2, 0.25) is 0 Å². The van der Waals surface area contributed by atoms with Gasteiger partial charge >= 0.3 is 0 Å². The van der Waals surface area contributed by atoms with Crippen LogP contribution in [0.15, 0.2) is 54.6 Å². The third-order valence-electron chi connectivity index (χ3n) is 4.24. The molecule has 1 aliphatic rings. The van der Waals surface area contributed by atoms with Crippen molar-refractivity contribution in [1.82, 2.24) is 0 Å². The first-order valence-electron chi connectivity index (χ1n) is 6.85. The Kier molecular flexibility index (Phi) is 3.50. The van der Waals surface area contributed by atoms with E-state index in [1.165, 1.54) is 33.3 Å². The predicted molar refractivity (Wildman–Crippen MR) is 78.0 cm³/mol. The van der Waals surface area contributed by atoms with Gasteiger partial charge in [-0.05, 0) is 23.1 Å². The molecule has 0 saturated heterocycles. The molecule has 4 rings (SSSR count). The van der Waals surface area contributed by atoms with Gasteiger partial charge in [-0.15, -0.1) is 0 Å². The van der Waals surface area contributed by atoms with E-state index < -0.39 is 0 Å². The monoisotopic (exact) mass is 373 g/mol. The summed E-state index contributed by atoms with van der Waals surface area (Å²) >= 11 is 0. The molecule has 0 bridgehead atoms. The fourth-order valence-electron chi connectivity index (χ4n) is 3.24. The maximum atomic E-state index is 2.46. The van der Waals surface area contributed by atoms with Crippen molar-refractivity contribution in [2.45, 2.75) is 19.9 Å². The Morgan fingerprint density at radius 3 is 2.60 bits per heavy atom. The minimum atomic E-state index is 0. The summed E-state index contributed by atoms with van der Waals surface area (Å²) in [4.78, 5) is 0. The minimum Gasteiger partial charge on any atom is -1.00 e. The molecule has 0 unspecified atom stereocenters. The molecule has 2 aromatic carbocycles. The van der Waals surface area contributed by atoms with Crippen LogP contribution in [0, 0.1) is 6.92 Å². The summed E-state index contributed by atoms with van der Waals surface area (Å²) in [7, 11) is 0. The van der Waals surface area contributed by atoms with Crippen molar-refractivity contribution >= 4 is 10.8 Å². The zero-order chi connectivity index (χ0) is 12.8. The van der Waals surface area contributed by atoms with Gasteiger partial charge < -0.3 is 24.0 Å². The number of hydrogen-bond acceptors (Lipinski definition) is 0. The van der Waals surface area contributed by atoms with E-state index in [1.54, 1.807) is 0 Å². The second-order valence-corrected chi connectivity index (χ2v) is 5.26. The van der Waals surface area contributed by atoms with Crippen molar-refractivity contribution in [3.63, 3.8) is 0 Å². The van der Waals surface area contributed by atoms with Crippen LogP contribution >= 0.6 is 0 Å². The van der Waals surface area contributed by atoms with Gasteiger partial charge in [-0.3, -0.25) is 0 Å². The summed E-state index contributed by atoms with van der Waals surface area (Å²) in [5, 5.41) is 2.70. The number of benzene rings is 2. The maximum Gasteiger partial charge on any atom is 0.213 e. The van der Waals surface area contributed by atoms with E-state index in [0.29, 0.717) is 0 Å². The highest BCUT2D eigenvalue weighted by Crippen LogP contribution is 2.28. The SMILES string of the molecule is Cc1c2ccccc2cc2[n+]1CCc1ccccc1-2.[I-]. The maximum absolute atomic E-state index is 2.46. The molecule has 1 nitrogen and oxygen atoms in total. The Morgan fingerprint density at radius 1 is 0.950 bits per heavy atom. The normalized spacial score (nSPS) is 12.4. The van der Waals surface area contributed by atoms with Crippen molar-refractivity contribution < 1.29 is 28.5 Å². The molecule has 0 fully saturated rings. The van der Waals surface area contributed by atoms with Crippen molar-refractivity contribution in [2.75, 3.05) is 0 Å². The van der Waals surface area contributed by atoms with Gasteiger partial charge in [0, 0.05) is 30.4 Å². The minimum absolute atomic E-state index is 0. The van der Waals surface area contributed by atoms with Crippen LogP contribution in [0.1, 0.15) is 11.3 Å². The molecule has 1 aliphatic heterocycles. The molecule has 100 valence electrons. The first-order valence-corrected chi connectivity index (χ1v) is 6.85. The van der Waals surface area contributed by atoms with Crippen molar-refractivity contribution in [3.05, 3.63) is 65.9 Å². The van der Waals surface area contributed by atoms with E-state index in [9.17, 15) is 0 Å². The van der Waals surface area contributed by atoms with E-state index in [-0.39, 0.29) is 24.0 Å². The summed E-state index contributed by atoms with van der Waals surface area (Å²) < 4.78 is 2.46. The predicted octanol–water partition coefficient (Wildman–Crippen LogP) is 0.663. The average molecular weight is 373 g/mol. The lowest BCUT2D eigenvalue weighted by atomic mass is 9.95. The lowest BCUT2D eigenvalue weighted by molar-refractivity contribution is -0.692. The largest absolute Gasteiger partial charge is 1.00 e. The van der Waals surface area contributed by atoms with Crippen LogP contribution in [0.4, 0.5) is 0 Å². The molecular weight excluding hydrogens is 357 g/mol. The number of hydrogen-bond donors (Lipinski definition) is 0. The second-order valence-electron chi connectivity index (χ2n) is 5.26. The lowest BCUT2D eigenvalue weighted by Gasteiger charge is -2.17. The number of aromatic nitrogens is 1. The highest BCUT2D eigenvalue weighted by atomic mass is 127. The zero-order valence-corrected chi connectivity index (χ0v) is 13.6. The van der Waals surface area contributed by atoms with Gasteiger partial charge in [0.25, 0.3) is 0 Å². The van der Waals surface area contributed by atoms with Gasteiger partial charge in [0.1, 0.15) is 0 Å². The van der Waals surface area contributed by atoms with Gasteiger partial charge in [-0.1, -0.05) is 36.4 Å². The van der Waals surface area contributed by atoms with E-state index in [2.05, 4.69) is 66.1 Å². The number of halogens is 1. The Bertz CT molecular complexity index is 793. The average Bonchev–Trinajstić information content (AvgIpc) is 2.47. The summed E-state index contributed by atoms with van der Waals surface area (Å²) in [5.74, 6) is 0. The molecule has 2 heteroatoms. The quantitative estimate of drug-likeness (QED) is 0.403. The Hall–Kier alpha value is -1.42. The summed E-state index contributed by atoms with van der Waals surface area (Å²) in [6, 6.07) is 19.8. The van der Waals surface area contributed by atoms with E-state index in [1.807, 2.05) is 0 Å². The van der Waals surface area contributed by atoms with Crippen LogP contribution in [0.5, 0.6) is 0 Å². The van der Waals surface area contributed by atoms with Crippen LogP contribution < -0.4 is 28.5 Å². The third-order valence-corrected chi connectivity index (χ3v) is 4.24. The van der Waals surface area contributed by atoms with E-state index in [4.69, 9.17) is 0 Å². The summed E-state index contributed by atoms with van der Waals surface area (Å²) in [6.45, 7) is 3.32. The van der Waals surface area contributed by atoms with E-state index >= 15 is 0 Å². The number of rotatable bonds is 0. The topological polar surface area (TPSA) is 3.88 Å². The standard InChI is InChI=1S/C18H16N.HI/c1-13-16-8-4-3-7-15(16)12-18-17-9-5-2-6-14(17)10-11-19(13)18;/h2-9,12H,10-11H2,1H3;1H/q+1;/p-1. The molecule has 0 N–H and O–H groups in total. The molecule has 2 heterocycles. The fourth-order valence-corrected chi connectivity index (χ4v) is 3.24. The number of pyridine rings is 1. The summed E-state index contributed by atoms with van der Waals surface area (Å²) in [5.41, 5.74) is 5.60. The highest BCUT2D eigenvalue weighted by molar-refractivity contribution is 5.86. The molecule has 0 radical (unpaired) electrons. The highest BCUT2D eigenvalue weighted by Gasteiger charge is 2.25. The van der Waals surface area contributed by atoms with Crippen molar-refractivity contribution in [3.8, 4) is 11.3 Å². The molecule has 20 heavy (non-hydrogen) atoms. The second kappa shape index (κ2) is 5.17. The molecule has 0 amide bonds. The van der Waals surface area contributed by atoms with Gasteiger partial charge in [-0.25, -0.2) is 0 Å². The van der Waals surface area contributed by atoms with Crippen LogP contribution in [-0.4, -0.2) is 0 Å². The zero-order valence-electron chi connectivity index (χ0n) is 11.4. The Labute approximate surface area is 136 Å². The van der Waals surface area contributed by atoms with Crippen LogP contribution in [0.3, 0.4) is 0 Å².